The molecule has 0 spiro atoms. The maximum absolute atomic E-state index is 12.9. The smallest absolute Gasteiger partial charge is 0.283 e. The summed E-state index contributed by atoms with van der Waals surface area (Å²) in [4.78, 5) is 0. The zero-order chi connectivity index (χ0) is 21.6. The molecule has 0 saturated carbocycles. The second-order valence-electron chi connectivity index (χ2n) is 6.09. The molecule has 152 valence electrons. The third-order valence-electron chi connectivity index (χ3n) is 4.41. The predicted molar refractivity (Wildman–Crippen MR) is 114 cm³/mol. The maximum Gasteiger partial charge on any atom is 0.283 e. The van der Waals surface area contributed by atoms with Crippen molar-refractivity contribution in [3.8, 4) is 11.5 Å². The number of rotatable bonds is 4. The molecule has 5 nitrogen and oxygen atoms in total. The van der Waals surface area contributed by atoms with Gasteiger partial charge in [-0.2, -0.15) is 8.42 Å². The Kier molecular flexibility index (Phi) is 5.98. The molecule has 10 heteroatoms. The van der Waals surface area contributed by atoms with Gasteiger partial charge in [0.15, 0.2) is 16.2 Å². The molecule has 0 aliphatic rings. The molecule has 0 aliphatic heterocycles. The number of phenols is 2. The van der Waals surface area contributed by atoms with Crippen molar-refractivity contribution < 1.29 is 23.2 Å². The van der Waals surface area contributed by atoms with E-state index in [-0.39, 0.29) is 36.8 Å². The van der Waals surface area contributed by atoms with Gasteiger partial charge >= 0.3 is 0 Å². The molecule has 0 heterocycles. The minimum absolute atomic E-state index is 0.0258. The van der Waals surface area contributed by atoms with Crippen LogP contribution in [0, 0.1) is 0 Å². The topological polar surface area (TPSA) is 94.8 Å². The fourth-order valence-electron chi connectivity index (χ4n) is 3.16. The number of phenolic OH excluding ortho intramolecular Hbond substituents is 2. The van der Waals surface area contributed by atoms with E-state index in [1.807, 2.05) is 0 Å². The highest BCUT2D eigenvalue weighted by atomic mass is 35.5. The van der Waals surface area contributed by atoms with Crippen LogP contribution in [0.15, 0.2) is 54.6 Å². The number of hydrogen-bond donors (Lipinski definition) is 3. The molecule has 3 rings (SSSR count). The zero-order valence-corrected chi connectivity index (χ0v) is 18.1. The van der Waals surface area contributed by atoms with Crippen molar-refractivity contribution in [2.24, 2.45) is 0 Å². The highest BCUT2D eigenvalue weighted by molar-refractivity contribution is 7.87. The number of benzene rings is 3. The van der Waals surface area contributed by atoms with Crippen molar-refractivity contribution in [2.45, 2.75) is 4.75 Å². The van der Waals surface area contributed by atoms with Crippen LogP contribution in [-0.2, 0) is 14.9 Å². The molecular weight excluding hydrogens is 482 g/mol. The molecule has 0 radical (unpaired) electrons. The molecule has 3 aromatic carbocycles. The molecule has 0 aromatic heterocycles. The average molecular weight is 494 g/mol. The Bertz CT molecular complexity index is 1210. The lowest BCUT2D eigenvalue weighted by atomic mass is 9.83. The Morgan fingerprint density at radius 3 is 2.00 bits per heavy atom. The summed E-state index contributed by atoms with van der Waals surface area (Å²) in [6, 6.07) is 11.7. The molecule has 0 saturated heterocycles. The summed E-state index contributed by atoms with van der Waals surface area (Å²) in [7, 11) is -5.02. The molecule has 0 amide bonds. The van der Waals surface area contributed by atoms with Crippen LogP contribution >= 0.6 is 46.4 Å². The Hall–Kier alpha value is -1.67. The largest absolute Gasteiger partial charge is 0.504 e. The third-order valence-corrected chi connectivity index (χ3v) is 7.41. The van der Waals surface area contributed by atoms with E-state index in [4.69, 9.17) is 46.4 Å². The molecule has 29 heavy (non-hydrogen) atoms. The Balaban J connectivity index is 2.58. The normalized spacial score (nSPS) is 13.8. The SMILES string of the molecule is O=S(=O)(O)C(c1cccc(Cl)c1)(c1ccc(O)c(O)c1)c1ccc(Cl)c(Cl)c1Cl. The van der Waals surface area contributed by atoms with E-state index < -0.39 is 26.4 Å². The lowest BCUT2D eigenvalue weighted by Crippen LogP contribution is -2.38. The van der Waals surface area contributed by atoms with Crippen LogP contribution in [0.5, 0.6) is 11.5 Å². The quantitative estimate of drug-likeness (QED) is 0.182. The minimum atomic E-state index is -5.02. The van der Waals surface area contributed by atoms with Gasteiger partial charge in [-0.3, -0.25) is 4.55 Å². The molecule has 0 aliphatic carbocycles. The first-order chi connectivity index (χ1) is 13.5. The number of aromatic hydroxyl groups is 2. The summed E-state index contributed by atoms with van der Waals surface area (Å²) in [5, 5.41) is 19.6. The number of halogens is 4. The first-order valence-corrected chi connectivity index (χ1v) is 10.8. The summed E-state index contributed by atoms with van der Waals surface area (Å²) < 4.78 is 34.0. The molecule has 3 aromatic rings. The lowest BCUT2D eigenvalue weighted by molar-refractivity contribution is 0.402. The van der Waals surface area contributed by atoms with Gasteiger partial charge in [0.2, 0.25) is 0 Å². The Morgan fingerprint density at radius 2 is 1.41 bits per heavy atom. The van der Waals surface area contributed by atoms with Gasteiger partial charge in [0.25, 0.3) is 10.1 Å². The van der Waals surface area contributed by atoms with Crippen LogP contribution in [-0.4, -0.2) is 23.2 Å². The molecule has 0 fully saturated rings. The van der Waals surface area contributed by atoms with Crippen molar-refractivity contribution in [3.63, 3.8) is 0 Å². The predicted octanol–water partition coefficient (Wildman–Crippen LogP) is 5.89. The monoisotopic (exact) mass is 492 g/mol. The summed E-state index contributed by atoms with van der Waals surface area (Å²) in [6.07, 6.45) is 0. The summed E-state index contributed by atoms with van der Waals surface area (Å²) in [5.74, 6) is -1.09. The van der Waals surface area contributed by atoms with Crippen LogP contribution in [0.2, 0.25) is 20.1 Å². The van der Waals surface area contributed by atoms with Gasteiger partial charge in [0.1, 0.15) is 0 Å². The van der Waals surface area contributed by atoms with Crippen LogP contribution in [0.25, 0.3) is 0 Å². The van der Waals surface area contributed by atoms with Crippen molar-refractivity contribution in [3.05, 3.63) is 91.4 Å². The highest BCUT2D eigenvalue weighted by Gasteiger charge is 2.50. The third kappa shape index (κ3) is 3.65. The van der Waals surface area contributed by atoms with Gasteiger partial charge in [-0.25, -0.2) is 0 Å². The van der Waals surface area contributed by atoms with Crippen LogP contribution < -0.4 is 0 Å². The average Bonchev–Trinajstić information content (AvgIpc) is 2.64. The zero-order valence-electron chi connectivity index (χ0n) is 14.3. The van der Waals surface area contributed by atoms with E-state index in [9.17, 15) is 23.2 Å². The van der Waals surface area contributed by atoms with E-state index in [0.29, 0.717) is 0 Å². The van der Waals surface area contributed by atoms with E-state index in [0.717, 1.165) is 12.1 Å². The standard InChI is InChI=1S/C19H12Cl4O5S/c20-12-3-1-2-10(8-12)19(29(26,27)28,11-4-7-15(24)16(25)9-11)13-5-6-14(21)18(23)17(13)22/h1-9,24-25H,(H,26,27,28). The molecule has 1 atom stereocenters. The van der Waals surface area contributed by atoms with Crippen molar-refractivity contribution in [1.82, 2.24) is 0 Å². The van der Waals surface area contributed by atoms with Gasteiger partial charge in [0.05, 0.1) is 15.1 Å². The molecular formula is C19H12Cl4O5S. The minimum Gasteiger partial charge on any atom is -0.504 e. The van der Waals surface area contributed by atoms with Crippen LogP contribution in [0.1, 0.15) is 16.7 Å². The van der Waals surface area contributed by atoms with E-state index in [1.165, 1.54) is 42.5 Å². The second kappa shape index (κ2) is 7.87. The van der Waals surface area contributed by atoms with Crippen LogP contribution in [0.3, 0.4) is 0 Å². The first kappa shape index (κ1) is 22.0. The van der Waals surface area contributed by atoms with Gasteiger partial charge in [-0.15, -0.1) is 0 Å². The van der Waals surface area contributed by atoms with Crippen molar-refractivity contribution >= 4 is 56.5 Å². The van der Waals surface area contributed by atoms with E-state index in [1.54, 1.807) is 0 Å². The fraction of sp³-hybridized carbons (Fsp3) is 0.0526. The van der Waals surface area contributed by atoms with Crippen molar-refractivity contribution in [1.29, 1.82) is 0 Å². The van der Waals surface area contributed by atoms with Gasteiger partial charge < -0.3 is 10.2 Å². The van der Waals surface area contributed by atoms with E-state index >= 15 is 0 Å². The summed E-state index contributed by atoms with van der Waals surface area (Å²) in [5.41, 5.74) is -0.209. The van der Waals surface area contributed by atoms with Gasteiger partial charge in [-0.1, -0.05) is 70.7 Å². The molecule has 3 N–H and O–H groups in total. The Labute approximate surface area is 186 Å². The Morgan fingerprint density at radius 1 is 0.759 bits per heavy atom. The molecule has 0 bridgehead atoms. The second-order valence-corrected chi connectivity index (χ2v) is 9.26. The van der Waals surface area contributed by atoms with Gasteiger partial charge in [0, 0.05) is 10.6 Å². The summed E-state index contributed by atoms with van der Waals surface area (Å²) in [6.45, 7) is 0. The maximum atomic E-state index is 12.9. The fourth-order valence-corrected chi connectivity index (χ4v) is 5.38. The highest BCUT2D eigenvalue weighted by Crippen LogP contribution is 2.50. The van der Waals surface area contributed by atoms with Crippen molar-refractivity contribution in [2.75, 3.05) is 0 Å². The first-order valence-electron chi connectivity index (χ1n) is 7.89. The lowest BCUT2D eigenvalue weighted by Gasteiger charge is -2.33. The van der Waals surface area contributed by atoms with Crippen LogP contribution in [0.4, 0.5) is 0 Å². The summed E-state index contributed by atoms with van der Waals surface area (Å²) >= 11 is 24.6. The molecule has 1 unspecified atom stereocenters. The van der Waals surface area contributed by atoms with Gasteiger partial charge in [-0.05, 0) is 41.5 Å². The van der Waals surface area contributed by atoms with E-state index in [2.05, 4.69) is 0 Å². The number of hydrogen-bond acceptors (Lipinski definition) is 4.